The molecule has 4 aromatic rings. The Bertz CT molecular complexity index is 1310. The summed E-state index contributed by atoms with van der Waals surface area (Å²) in [5, 5.41) is 9.54. The molecule has 1 heterocycles. The van der Waals surface area contributed by atoms with Crippen LogP contribution in [-0.4, -0.2) is 37.2 Å². The van der Waals surface area contributed by atoms with Gasteiger partial charge in [0.2, 0.25) is 0 Å². The van der Waals surface area contributed by atoms with E-state index in [1.807, 2.05) is 80.6 Å². The predicted octanol–water partition coefficient (Wildman–Crippen LogP) is 5.47. The largest absolute Gasteiger partial charge is 0.383 e. The third kappa shape index (κ3) is 5.10. The van der Waals surface area contributed by atoms with Crippen LogP contribution < -0.4 is 16.0 Å². The zero-order valence-corrected chi connectivity index (χ0v) is 19.5. The summed E-state index contributed by atoms with van der Waals surface area (Å²) in [4.78, 5) is 29.1. The number of carbonyl (C=O) groups excluding carboxylic acids is 2. The van der Waals surface area contributed by atoms with Gasteiger partial charge in [-0.05, 0) is 49.2 Å². The average molecular weight is 457 g/mol. The SMILES string of the molecule is COCCNC(=O)c1[nH]c2c(NC(=O)Nc3ccc(C)cc3)cc(C)cc2c1-c1ccccc1. The Morgan fingerprint density at radius 3 is 2.35 bits per heavy atom. The second kappa shape index (κ2) is 10.2. The molecule has 0 fully saturated rings. The molecule has 4 N–H and O–H groups in total. The lowest BCUT2D eigenvalue weighted by atomic mass is 10.00. The summed E-state index contributed by atoms with van der Waals surface area (Å²) in [7, 11) is 1.59. The summed E-state index contributed by atoms with van der Waals surface area (Å²) in [6.07, 6.45) is 0. The van der Waals surface area contributed by atoms with Gasteiger partial charge in [-0.3, -0.25) is 4.79 Å². The average Bonchev–Trinajstić information content (AvgIpc) is 3.21. The number of amides is 3. The number of methoxy groups -OCH3 is 1. The van der Waals surface area contributed by atoms with Gasteiger partial charge in [0.25, 0.3) is 5.91 Å². The van der Waals surface area contributed by atoms with Crippen molar-refractivity contribution in [3.63, 3.8) is 0 Å². The minimum absolute atomic E-state index is 0.236. The van der Waals surface area contributed by atoms with E-state index >= 15 is 0 Å². The fourth-order valence-corrected chi connectivity index (χ4v) is 3.89. The van der Waals surface area contributed by atoms with Crippen LogP contribution in [0.3, 0.4) is 0 Å². The molecule has 0 spiro atoms. The topological polar surface area (TPSA) is 95.2 Å². The number of fused-ring (bicyclic) bond motifs is 1. The summed E-state index contributed by atoms with van der Waals surface area (Å²) in [6.45, 7) is 4.76. The fraction of sp³-hybridized carbons (Fsp3) is 0.185. The van der Waals surface area contributed by atoms with Crippen LogP contribution in [0.1, 0.15) is 21.6 Å². The van der Waals surface area contributed by atoms with E-state index in [1.165, 1.54) is 0 Å². The molecule has 174 valence electrons. The lowest BCUT2D eigenvalue weighted by Gasteiger charge is -2.10. The Morgan fingerprint density at radius 1 is 0.912 bits per heavy atom. The van der Waals surface area contributed by atoms with Gasteiger partial charge in [-0.2, -0.15) is 0 Å². The summed E-state index contributed by atoms with van der Waals surface area (Å²) in [5.74, 6) is -0.236. The number of benzene rings is 3. The standard InChI is InChI=1S/C27H28N4O3/c1-17-9-11-20(12-10-17)29-27(33)30-22-16-18(2)15-21-23(19-7-5-4-6-8-19)25(31-24(21)22)26(32)28-13-14-34-3/h4-12,15-16,31H,13-14H2,1-3H3,(H,28,32)(H2,29,30,33). The predicted molar refractivity (Wildman–Crippen MR) is 137 cm³/mol. The molecule has 0 aliphatic carbocycles. The smallest absolute Gasteiger partial charge is 0.323 e. The van der Waals surface area contributed by atoms with Crippen molar-refractivity contribution in [2.75, 3.05) is 30.9 Å². The number of urea groups is 1. The van der Waals surface area contributed by atoms with Gasteiger partial charge in [-0.25, -0.2) is 4.79 Å². The number of aromatic nitrogens is 1. The number of hydrogen-bond donors (Lipinski definition) is 4. The summed E-state index contributed by atoms with van der Waals surface area (Å²) < 4.78 is 5.06. The molecule has 4 rings (SSSR count). The van der Waals surface area contributed by atoms with Gasteiger partial charge in [0, 0.05) is 30.3 Å². The van der Waals surface area contributed by atoms with Crippen molar-refractivity contribution in [3.8, 4) is 11.1 Å². The lowest BCUT2D eigenvalue weighted by molar-refractivity contribution is 0.0933. The summed E-state index contributed by atoms with van der Waals surface area (Å²) in [6, 6.07) is 20.9. The Morgan fingerprint density at radius 2 is 1.65 bits per heavy atom. The van der Waals surface area contributed by atoms with E-state index in [-0.39, 0.29) is 11.9 Å². The molecule has 0 aliphatic heterocycles. The summed E-state index contributed by atoms with van der Waals surface area (Å²) in [5.41, 5.74) is 6.17. The van der Waals surface area contributed by atoms with Gasteiger partial charge in [0.15, 0.2) is 0 Å². The van der Waals surface area contributed by atoms with Crippen LogP contribution in [0.4, 0.5) is 16.2 Å². The first-order valence-corrected chi connectivity index (χ1v) is 11.1. The maximum absolute atomic E-state index is 13.1. The van der Waals surface area contributed by atoms with E-state index in [9.17, 15) is 9.59 Å². The monoisotopic (exact) mass is 456 g/mol. The van der Waals surface area contributed by atoms with Crippen molar-refractivity contribution in [1.29, 1.82) is 0 Å². The number of H-pyrrole nitrogens is 1. The van der Waals surface area contributed by atoms with E-state index in [0.29, 0.717) is 35.7 Å². The van der Waals surface area contributed by atoms with Crippen LogP contribution in [0, 0.1) is 13.8 Å². The van der Waals surface area contributed by atoms with E-state index in [4.69, 9.17) is 4.74 Å². The Balaban J connectivity index is 1.74. The number of nitrogens with one attached hydrogen (secondary N) is 4. The quantitative estimate of drug-likeness (QED) is 0.278. The van der Waals surface area contributed by atoms with Crippen molar-refractivity contribution < 1.29 is 14.3 Å². The van der Waals surface area contributed by atoms with E-state index < -0.39 is 0 Å². The fourth-order valence-electron chi connectivity index (χ4n) is 3.89. The van der Waals surface area contributed by atoms with Crippen molar-refractivity contribution in [2.45, 2.75) is 13.8 Å². The van der Waals surface area contributed by atoms with Gasteiger partial charge >= 0.3 is 6.03 Å². The van der Waals surface area contributed by atoms with Gasteiger partial charge in [-0.1, -0.05) is 48.0 Å². The Labute approximate surface area is 198 Å². The molecule has 0 aliphatic rings. The third-order valence-electron chi connectivity index (χ3n) is 5.49. The zero-order chi connectivity index (χ0) is 24.1. The zero-order valence-electron chi connectivity index (χ0n) is 19.5. The second-order valence-corrected chi connectivity index (χ2v) is 8.17. The number of ether oxygens (including phenoxy) is 1. The Hall–Kier alpha value is -4.10. The van der Waals surface area contributed by atoms with Crippen molar-refractivity contribution in [2.24, 2.45) is 0 Å². The van der Waals surface area contributed by atoms with Gasteiger partial charge in [0.05, 0.1) is 17.8 Å². The first kappa shape index (κ1) is 23.1. The van der Waals surface area contributed by atoms with Crippen LogP contribution >= 0.6 is 0 Å². The molecule has 7 nitrogen and oxygen atoms in total. The van der Waals surface area contributed by atoms with Crippen LogP contribution in [0.15, 0.2) is 66.7 Å². The molecule has 7 heteroatoms. The molecule has 0 atom stereocenters. The first-order valence-electron chi connectivity index (χ1n) is 11.1. The van der Waals surface area contributed by atoms with Crippen molar-refractivity contribution >= 4 is 34.2 Å². The van der Waals surface area contributed by atoms with Crippen LogP contribution in [0.2, 0.25) is 0 Å². The lowest BCUT2D eigenvalue weighted by Crippen LogP contribution is -2.27. The molecule has 34 heavy (non-hydrogen) atoms. The van der Waals surface area contributed by atoms with Crippen LogP contribution in [0.25, 0.3) is 22.0 Å². The molecule has 0 radical (unpaired) electrons. The van der Waals surface area contributed by atoms with Crippen LogP contribution in [0.5, 0.6) is 0 Å². The first-order chi connectivity index (χ1) is 16.5. The molecule has 3 amide bonds. The number of aryl methyl sites for hydroxylation is 2. The minimum Gasteiger partial charge on any atom is -0.383 e. The van der Waals surface area contributed by atoms with E-state index in [1.54, 1.807) is 7.11 Å². The number of carbonyl (C=O) groups is 2. The molecule has 0 bridgehead atoms. The highest BCUT2D eigenvalue weighted by atomic mass is 16.5. The molecular weight excluding hydrogens is 428 g/mol. The maximum Gasteiger partial charge on any atom is 0.323 e. The minimum atomic E-state index is -0.363. The summed E-state index contributed by atoms with van der Waals surface area (Å²) >= 11 is 0. The molecule has 0 saturated heterocycles. The molecule has 1 aromatic heterocycles. The van der Waals surface area contributed by atoms with Gasteiger partial charge in [-0.15, -0.1) is 0 Å². The van der Waals surface area contributed by atoms with E-state index in [2.05, 4.69) is 20.9 Å². The maximum atomic E-state index is 13.1. The van der Waals surface area contributed by atoms with Gasteiger partial charge < -0.3 is 25.7 Å². The number of hydrogen-bond acceptors (Lipinski definition) is 3. The van der Waals surface area contributed by atoms with Crippen LogP contribution in [-0.2, 0) is 4.74 Å². The third-order valence-corrected chi connectivity index (χ3v) is 5.49. The molecule has 0 saturated carbocycles. The number of aromatic amines is 1. The second-order valence-electron chi connectivity index (χ2n) is 8.17. The van der Waals surface area contributed by atoms with E-state index in [0.717, 1.165) is 27.6 Å². The molecular formula is C27H28N4O3. The Kier molecular flexibility index (Phi) is 6.94. The highest BCUT2D eigenvalue weighted by Crippen LogP contribution is 2.36. The van der Waals surface area contributed by atoms with Crippen molar-refractivity contribution in [3.05, 3.63) is 83.6 Å². The van der Waals surface area contributed by atoms with Gasteiger partial charge in [0.1, 0.15) is 5.69 Å². The highest BCUT2D eigenvalue weighted by Gasteiger charge is 2.21. The number of rotatable bonds is 7. The molecule has 0 unspecified atom stereocenters. The highest BCUT2D eigenvalue weighted by molar-refractivity contribution is 6.14. The normalized spacial score (nSPS) is 10.8. The van der Waals surface area contributed by atoms with Crippen molar-refractivity contribution in [1.82, 2.24) is 10.3 Å². The molecule has 3 aromatic carbocycles. The number of anilines is 2.